The first-order chi connectivity index (χ1) is 12.8. The minimum atomic E-state index is 0.544. The largest absolute Gasteiger partial charge is 0.458 e. The molecule has 0 aliphatic heterocycles. The van der Waals surface area contributed by atoms with Crippen molar-refractivity contribution in [2.45, 2.75) is 0 Å². The van der Waals surface area contributed by atoms with Crippen molar-refractivity contribution in [1.29, 1.82) is 0 Å². The van der Waals surface area contributed by atoms with Crippen molar-refractivity contribution in [2.75, 3.05) is 0 Å². The number of rotatable bonds is 5. The number of benzene rings is 2. The van der Waals surface area contributed by atoms with Crippen LogP contribution in [-0.2, 0) is 7.05 Å². The average molecular weight is 343 g/mol. The predicted octanol–water partition coefficient (Wildman–Crippen LogP) is 4.08. The van der Waals surface area contributed by atoms with Crippen molar-refractivity contribution in [1.82, 2.24) is 9.55 Å². The molecule has 4 aromatic rings. The van der Waals surface area contributed by atoms with Gasteiger partial charge in [-0.2, -0.15) is 0 Å². The molecule has 0 atom stereocenters. The molecule has 0 aliphatic carbocycles. The van der Waals surface area contributed by atoms with Crippen LogP contribution in [0.2, 0.25) is 0 Å². The zero-order valence-electron chi connectivity index (χ0n) is 14.2. The molecular weight excluding hydrogens is 326 g/mol. The second kappa shape index (κ2) is 7.11. The number of aromatic nitrogens is 3. The van der Waals surface area contributed by atoms with Crippen LogP contribution < -0.4 is 14.0 Å². The van der Waals surface area contributed by atoms with Crippen LogP contribution in [0.5, 0.6) is 23.1 Å². The third kappa shape index (κ3) is 3.72. The quantitative estimate of drug-likeness (QED) is 0.405. The van der Waals surface area contributed by atoms with Crippen LogP contribution in [0.15, 0.2) is 85.3 Å². The van der Waals surface area contributed by atoms with Gasteiger partial charge in [-0.15, -0.1) is 0 Å². The molecule has 2 aromatic heterocycles. The van der Waals surface area contributed by atoms with E-state index in [1.165, 1.54) is 0 Å². The van der Waals surface area contributed by atoms with Gasteiger partial charge in [0.2, 0.25) is 12.2 Å². The standard InChI is InChI=1S/C21H17N3O2/c1-23-12-13-24(16-23)17-6-4-7-18(14-17)25-19-8-5-9-20(15-19)26-21-10-2-3-11-22-21/h2-15H,1H3. The van der Waals surface area contributed by atoms with Gasteiger partial charge in [-0.1, -0.05) is 24.3 Å². The topological polar surface area (TPSA) is 40.2 Å². The third-order valence-electron chi connectivity index (χ3n) is 3.70. The molecular formula is C21H17N3O2. The molecule has 0 fully saturated rings. The van der Waals surface area contributed by atoms with Crippen LogP contribution >= 0.6 is 0 Å². The second-order valence-electron chi connectivity index (χ2n) is 5.72. The van der Waals surface area contributed by atoms with E-state index in [-0.39, 0.29) is 0 Å². The number of imidazole rings is 1. The van der Waals surface area contributed by atoms with Crippen molar-refractivity contribution in [3.05, 3.63) is 91.6 Å². The van der Waals surface area contributed by atoms with Crippen molar-refractivity contribution < 1.29 is 14.0 Å². The van der Waals surface area contributed by atoms with Gasteiger partial charge in [0.1, 0.15) is 17.2 Å². The molecule has 2 aromatic carbocycles. The summed E-state index contributed by atoms with van der Waals surface area (Å²) in [6, 6.07) is 20.9. The monoisotopic (exact) mass is 343 g/mol. The van der Waals surface area contributed by atoms with E-state index in [1.807, 2.05) is 95.3 Å². The summed E-state index contributed by atoms with van der Waals surface area (Å²) in [4.78, 5) is 4.16. The van der Waals surface area contributed by atoms with E-state index in [0.29, 0.717) is 17.4 Å². The van der Waals surface area contributed by atoms with Crippen molar-refractivity contribution in [2.24, 2.45) is 7.05 Å². The van der Waals surface area contributed by atoms with Crippen LogP contribution in [0, 0.1) is 6.33 Å². The van der Waals surface area contributed by atoms with Crippen LogP contribution in [0.25, 0.3) is 5.69 Å². The summed E-state index contributed by atoms with van der Waals surface area (Å²) in [6.07, 6.45) is 8.75. The molecule has 0 saturated heterocycles. The molecule has 0 N–H and O–H groups in total. The first kappa shape index (κ1) is 15.9. The molecule has 0 saturated carbocycles. The molecule has 5 heteroatoms. The number of pyridine rings is 1. The maximum absolute atomic E-state index is 5.99. The van der Waals surface area contributed by atoms with Gasteiger partial charge in [-0.25, -0.2) is 4.98 Å². The highest BCUT2D eigenvalue weighted by Gasteiger charge is 2.04. The van der Waals surface area contributed by atoms with E-state index in [1.54, 1.807) is 6.20 Å². The van der Waals surface area contributed by atoms with E-state index in [4.69, 9.17) is 9.47 Å². The first-order valence-electron chi connectivity index (χ1n) is 8.20. The van der Waals surface area contributed by atoms with Crippen molar-refractivity contribution in [3.8, 4) is 28.8 Å². The Morgan fingerprint density at radius 2 is 1.65 bits per heavy atom. The van der Waals surface area contributed by atoms with Crippen molar-refractivity contribution in [3.63, 3.8) is 0 Å². The zero-order valence-corrected chi connectivity index (χ0v) is 14.2. The van der Waals surface area contributed by atoms with Gasteiger partial charge in [0.15, 0.2) is 0 Å². The number of hydrogen-bond donors (Lipinski definition) is 0. The summed E-state index contributed by atoms with van der Waals surface area (Å²) in [5.41, 5.74) is 0.976. The molecule has 0 radical (unpaired) electrons. The fourth-order valence-electron chi connectivity index (χ4n) is 2.51. The molecule has 0 spiro atoms. The van der Waals surface area contributed by atoms with Gasteiger partial charge in [-0.05, 0) is 30.3 Å². The Morgan fingerprint density at radius 1 is 0.885 bits per heavy atom. The van der Waals surface area contributed by atoms with Crippen LogP contribution in [-0.4, -0.2) is 9.55 Å². The third-order valence-corrected chi connectivity index (χ3v) is 3.70. The van der Waals surface area contributed by atoms with Crippen LogP contribution in [0.1, 0.15) is 0 Å². The second-order valence-corrected chi connectivity index (χ2v) is 5.72. The highest BCUT2D eigenvalue weighted by molar-refractivity contribution is 5.42. The van der Waals surface area contributed by atoms with Gasteiger partial charge in [-0.3, -0.25) is 0 Å². The summed E-state index contributed by atoms with van der Waals surface area (Å²) >= 11 is 0. The Kier molecular flexibility index (Phi) is 4.35. The highest BCUT2D eigenvalue weighted by atomic mass is 16.5. The molecule has 0 unspecified atom stereocenters. The Morgan fingerprint density at radius 3 is 2.38 bits per heavy atom. The molecule has 0 aliphatic rings. The highest BCUT2D eigenvalue weighted by Crippen LogP contribution is 2.28. The SMILES string of the molecule is C[n+]1[c-]n(-c2cccc(Oc3cccc(Oc4ccccn4)c3)c2)cc1. The first-order valence-corrected chi connectivity index (χ1v) is 8.20. The average Bonchev–Trinajstić information content (AvgIpc) is 3.10. The van der Waals surface area contributed by atoms with Crippen LogP contribution in [0.3, 0.4) is 0 Å². The number of hydrogen-bond acceptors (Lipinski definition) is 3. The van der Waals surface area contributed by atoms with Crippen LogP contribution in [0.4, 0.5) is 0 Å². The Hall–Kier alpha value is -3.60. The predicted molar refractivity (Wildman–Crippen MR) is 96.6 cm³/mol. The number of ether oxygens (including phenoxy) is 2. The fraction of sp³-hybridized carbons (Fsp3) is 0.0476. The molecule has 5 nitrogen and oxygen atoms in total. The summed E-state index contributed by atoms with van der Waals surface area (Å²) in [7, 11) is 1.93. The van der Waals surface area contributed by atoms with Gasteiger partial charge in [0.05, 0.1) is 12.7 Å². The van der Waals surface area contributed by atoms with Gasteiger partial charge in [0, 0.05) is 30.7 Å². The number of aryl methyl sites for hydroxylation is 1. The summed E-state index contributed by atoms with van der Waals surface area (Å²) in [6.45, 7) is 0. The molecule has 26 heavy (non-hydrogen) atoms. The maximum Gasteiger partial charge on any atom is 0.243 e. The minimum Gasteiger partial charge on any atom is -0.458 e. The maximum atomic E-state index is 5.99. The molecule has 0 bridgehead atoms. The van der Waals surface area contributed by atoms with Crippen molar-refractivity contribution >= 4 is 0 Å². The normalized spacial score (nSPS) is 10.5. The van der Waals surface area contributed by atoms with E-state index in [9.17, 15) is 0 Å². The lowest BCUT2D eigenvalue weighted by Gasteiger charge is -2.10. The summed E-state index contributed by atoms with van der Waals surface area (Å²) in [5.74, 6) is 2.64. The Balaban J connectivity index is 1.53. The fourth-order valence-corrected chi connectivity index (χ4v) is 2.51. The van der Waals surface area contributed by atoms with E-state index in [2.05, 4.69) is 11.3 Å². The van der Waals surface area contributed by atoms with Gasteiger partial charge >= 0.3 is 0 Å². The van der Waals surface area contributed by atoms with E-state index in [0.717, 1.165) is 11.4 Å². The zero-order chi connectivity index (χ0) is 17.8. The molecule has 4 rings (SSSR count). The molecule has 128 valence electrons. The van der Waals surface area contributed by atoms with Gasteiger partial charge in [0.25, 0.3) is 0 Å². The van der Waals surface area contributed by atoms with Gasteiger partial charge < -0.3 is 18.6 Å². The summed E-state index contributed by atoms with van der Waals surface area (Å²) in [5, 5.41) is 0. The Labute approximate surface area is 151 Å². The van der Waals surface area contributed by atoms with E-state index < -0.39 is 0 Å². The summed E-state index contributed by atoms with van der Waals surface area (Å²) < 4.78 is 15.5. The smallest absolute Gasteiger partial charge is 0.243 e. The van der Waals surface area contributed by atoms with E-state index >= 15 is 0 Å². The Bertz CT molecular complexity index is 1010. The minimum absolute atomic E-state index is 0.544. The lowest BCUT2D eigenvalue weighted by atomic mass is 10.3. The molecule has 2 heterocycles. The lowest BCUT2D eigenvalue weighted by Crippen LogP contribution is -2.24. The lowest BCUT2D eigenvalue weighted by molar-refractivity contribution is -0.674. The molecule has 0 amide bonds. The number of nitrogens with zero attached hydrogens (tertiary/aromatic N) is 3.